The summed E-state index contributed by atoms with van der Waals surface area (Å²) in [6.07, 6.45) is 0.965. The number of thiazole rings is 1. The molecule has 1 aromatic heterocycles. The number of rotatable bonds is 6. The van der Waals surface area contributed by atoms with Gasteiger partial charge in [0, 0.05) is 34.2 Å². The molecule has 5 heteroatoms. The number of aromatic nitrogens is 1. The van der Waals surface area contributed by atoms with Crippen molar-refractivity contribution in [1.82, 2.24) is 10.3 Å². The lowest BCUT2D eigenvalue weighted by Crippen LogP contribution is -2.30. The Bertz CT molecular complexity index is 528. The molecule has 2 nitrogen and oxygen atoms in total. The summed E-state index contributed by atoms with van der Waals surface area (Å²) in [6.45, 7) is 2.03. The molecule has 0 fully saturated rings. The maximum atomic E-state index is 6.16. The molecule has 0 spiro atoms. The number of nitrogens with one attached hydrogen (secondary N) is 1. The highest BCUT2D eigenvalue weighted by atomic mass is 35.5. The molecule has 1 atom stereocenters. The van der Waals surface area contributed by atoms with Crippen molar-refractivity contribution < 1.29 is 0 Å². The summed E-state index contributed by atoms with van der Waals surface area (Å²) in [5.41, 5.74) is 1.11. The smallest absolute Gasteiger partial charge is 0.0943 e. The van der Waals surface area contributed by atoms with Crippen LogP contribution < -0.4 is 5.32 Å². The number of hydrogen-bond acceptors (Lipinski definition) is 4. The molecule has 2 aromatic rings. The molecular weight excluding hydrogens is 296 g/mol. The van der Waals surface area contributed by atoms with Crippen LogP contribution in [-0.2, 0) is 6.42 Å². The van der Waals surface area contributed by atoms with Gasteiger partial charge in [-0.3, -0.25) is 0 Å². The third-order valence-corrected chi connectivity index (χ3v) is 5.44. The van der Waals surface area contributed by atoms with Gasteiger partial charge in [0.2, 0.25) is 0 Å². The Hall–Kier alpha value is -0.550. The van der Waals surface area contributed by atoms with Crippen molar-refractivity contribution in [3.63, 3.8) is 0 Å². The summed E-state index contributed by atoms with van der Waals surface area (Å²) in [7, 11) is 2.00. The number of thioether (sulfide) groups is 1. The average Bonchev–Trinajstić information content (AvgIpc) is 2.81. The highest BCUT2D eigenvalue weighted by Crippen LogP contribution is 2.27. The molecule has 1 unspecified atom stereocenters. The summed E-state index contributed by atoms with van der Waals surface area (Å²) < 4.78 is 0. The van der Waals surface area contributed by atoms with E-state index in [0.29, 0.717) is 6.04 Å². The standard InChI is InChI=1S/C14H17ClN2S2/c1-10-8-19-14(17-10)7-11(16-2)9-18-13-6-4-3-5-12(13)15/h3-6,8,11,16H,7,9H2,1-2H3. The van der Waals surface area contributed by atoms with Gasteiger partial charge in [0.1, 0.15) is 0 Å². The lowest BCUT2D eigenvalue weighted by Gasteiger charge is -2.14. The van der Waals surface area contributed by atoms with E-state index in [4.69, 9.17) is 11.6 Å². The Morgan fingerprint density at radius 3 is 2.84 bits per heavy atom. The average molecular weight is 313 g/mol. The molecule has 0 bridgehead atoms. The predicted molar refractivity (Wildman–Crippen MR) is 85.6 cm³/mol. The molecule has 0 aliphatic rings. The maximum absolute atomic E-state index is 6.16. The van der Waals surface area contributed by atoms with Gasteiger partial charge in [-0.25, -0.2) is 4.98 Å². The van der Waals surface area contributed by atoms with E-state index in [9.17, 15) is 0 Å². The topological polar surface area (TPSA) is 24.9 Å². The molecule has 0 aliphatic heterocycles. The SMILES string of the molecule is CNC(CSc1ccccc1Cl)Cc1nc(C)cs1. The number of nitrogens with zero attached hydrogens (tertiary/aromatic N) is 1. The summed E-state index contributed by atoms with van der Waals surface area (Å²) in [6, 6.07) is 8.38. The number of hydrogen-bond donors (Lipinski definition) is 1. The fraction of sp³-hybridized carbons (Fsp3) is 0.357. The first-order valence-electron chi connectivity index (χ1n) is 6.14. The van der Waals surface area contributed by atoms with Crippen LogP contribution in [0.5, 0.6) is 0 Å². The second-order valence-electron chi connectivity index (χ2n) is 4.31. The van der Waals surface area contributed by atoms with Crippen molar-refractivity contribution in [2.75, 3.05) is 12.8 Å². The van der Waals surface area contributed by atoms with Crippen LogP contribution in [-0.4, -0.2) is 23.8 Å². The van der Waals surface area contributed by atoms with Crippen molar-refractivity contribution in [3.05, 3.63) is 45.4 Å². The number of likely N-dealkylation sites (N-methyl/N-ethyl adjacent to an activating group) is 1. The zero-order chi connectivity index (χ0) is 13.7. The fourth-order valence-corrected chi connectivity index (χ4v) is 3.90. The minimum atomic E-state index is 0.409. The Morgan fingerprint density at radius 1 is 1.42 bits per heavy atom. The van der Waals surface area contributed by atoms with E-state index in [0.717, 1.165) is 27.8 Å². The lowest BCUT2D eigenvalue weighted by molar-refractivity contribution is 0.615. The second-order valence-corrected chi connectivity index (χ2v) is 6.73. The van der Waals surface area contributed by atoms with Gasteiger partial charge in [0.05, 0.1) is 10.0 Å². The molecule has 0 saturated carbocycles. The molecule has 0 radical (unpaired) electrons. The fourth-order valence-electron chi connectivity index (χ4n) is 1.70. The normalized spacial score (nSPS) is 12.6. The predicted octanol–water partition coefficient (Wildman–Crippen LogP) is 4.03. The molecule has 1 aromatic carbocycles. The minimum Gasteiger partial charge on any atom is -0.316 e. The molecule has 0 amide bonds. The summed E-state index contributed by atoms with van der Waals surface area (Å²) in [5, 5.41) is 7.47. The Kier molecular flexibility index (Phi) is 5.70. The van der Waals surface area contributed by atoms with E-state index in [-0.39, 0.29) is 0 Å². The number of benzene rings is 1. The van der Waals surface area contributed by atoms with Crippen molar-refractivity contribution >= 4 is 34.7 Å². The quantitative estimate of drug-likeness (QED) is 0.815. The number of halogens is 1. The van der Waals surface area contributed by atoms with E-state index in [2.05, 4.69) is 21.7 Å². The molecular formula is C14H17ClN2S2. The van der Waals surface area contributed by atoms with Gasteiger partial charge in [-0.1, -0.05) is 23.7 Å². The van der Waals surface area contributed by atoms with Crippen LogP contribution in [0, 0.1) is 6.92 Å². The van der Waals surface area contributed by atoms with E-state index in [1.54, 1.807) is 23.1 Å². The van der Waals surface area contributed by atoms with Crippen molar-refractivity contribution in [2.24, 2.45) is 0 Å². The molecule has 0 saturated heterocycles. The van der Waals surface area contributed by atoms with Crippen molar-refractivity contribution in [2.45, 2.75) is 24.3 Å². The Labute approximate surface area is 127 Å². The zero-order valence-electron chi connectivity index (χ0n) is 11.0. The minimum absolute atomic E-state index is 0.409. The van der Waals surface area contributed by atoms with Crippen LogP contribution in [0.25, 0.3) is 0 Å². The first-order chi connectivity index (χ1) is 9.19. The summed E-state index contributed by atoms with van der Waals surface area (Å²) in [4.78, 5) is 5.65. The summed E-state index contributed by atoms with van der Waals surface area (Å²) in [5.74, 6) is 0.985. The third kappa shape index (κ3) is 4.49. The monoisotopic (exact) mass is 312 g/mol. The molecule has 1 heterocycles. The molecule has 102 valence electrons. The van der Waals surface area contributed by atoms with Crippen LogP contribution in [0.2, 0.25) is 5.02 Å². The first-order valence-corrected chi connectivity index (χ1v) is 8.39. The third-order valence-electron chi connectivity index (χ3n) is 2.77. The van der Waals surface area contributed by atoms with Gasteiger partial charge >= 0.3 is 0 Å². The van der Waals surface area contributed by atoms with Gasteiger partial charge < -0.3 is 5.32 Å². The van der Waals surface area contributed by atoms with Crippen LogP contribution >= 0.6 is 34.7 Å². The van der Waals surface area contributed by atoms with Crippen molar-refractivity contribution in [3.8, 4) is 0 Å². The van der Waals surface area contributed by atoms with Crippen LogP contribution in [0.15, 0.2) is 34.5 Å². The zero-order valence-corrected chi connectivity index (χ0v) is 13.4. The van der Waals surface area contributed by atoms with Gasteiger partial charge in [-0.05, 0) is 26.1 Å². The van der Waals surface area contributed by atoms with Gasteiger partial charge in [-0.15, -0.1) is 23.1 Å². The first kappa shape index (κ1) is 14.9. The summed E-state index contributed by atoms with van der Waals surface area (Å²) >= 11 is 9.68. The van der Waals surface area contributed by atoms with Crippen LogP contribution in [0.4, 0.5) is 0 Å². The highest BCUT2D eigenvalue weighted by molar-refractivity contribution is 7.99. The van der Waals surface area contributed by atoms with E-state index in [1.165, 1.54) is 5.01 Å². The molecule has 2 rings (SSSR count). The highest BCUT2D eigenvalue weighted by Gasteiger charge is 2.11. The van der Waals surface area contributed by atoms with Crippen LogP contribution in [0.3, 0.4) is 0 Å². The van der Waals surface area contributed by atoms with Gasteiger partial charge in [0.15, 0.2) is 0 Å². The van der Waals surface area contributed by atoms with Crippen molar-refractivity contribution in [1.29, 1.82) is 0 Å². The lowest BCUT2D eigenvalue weighted by atomic mass is 10.2. The molecule has 1 N–H and O–H groups in total. The van der Waals surface area contributed by atoms with Gasteiger partial charge in [-0.2, -0.15) is 0 Å². The van der Waals surface area contributed by atoms with E-state index in [1.807, 2.05) is 32.2 Å². The Balaban J connectivity index is 1.91. The Morgan fingerprint density at radius 2 is 2.21 bits per heavy atom. The van der Waals surface area contributed by atoms with E-state index >= 15 is 0 Å². The van der Waals surface area contributed by atoms with Crippen LogP contribution in [0.1, 0.15) is 10.7 Å². The van der Waals surface area contributed by atoms with E-state index < -0.39 is 0 Å². The maximum Gasteiger partial charge on any atom is 0.0943 e. The number of aryl methyl sites for hydroxylation is 1. The molecule has 19 heavy (non-hydrogen) atoms. The van der Waals surface area contributed by atoms with Gasteiger partial charge in [0.25, 0.3) is 0 Å². The largest absolute Gasteiger partial charge is 0.316 e. The molecule has 0 aliphatic carbocycles. The second kappa shape index (κ2) is 7.29.